The van der Waals surface area contributed by atoms with Crippen LogP contribution in [-0.4, -0.2) is 40.7 Å². The smallest absolute Gasteiger partial charge is 0.239 e. The van der Waals surface area contributed by atoms with Crippen LogP contribution in [0.3, 0.4) is 0 Å². The van der Waals surface area contributed by atoms with Gasteiger partial charge in [-0.2, -0.15) is 5.10 Å². The van der Waals surface area contributed by atoms with Gasteiger partial charge in [-0.05, 0) is 30.0 Å². The maximum atomic E-state index is 11.8. The molecule has 0 radical (unpaired) electrons. The summed E-state index contributed by atoms with van der Waals surface area (Å²) in [6.07, 6.45) is 4.38. The standard InChI is InChI=1S/C18H25N5O2/c1-13(2)17(19)18(25)21-11-16(24)20-9-8-14-10-22-23(12-14)15-6-4-3-5-7-15/h3-7,10,12-13,17H,8-9,11,19H2,1-2H3,(H,20,24)(H,21,25)/t17-/m0/s1. The first-order valence-corrected chi connectivity index (χ1v) is 8.36. The molecule has 1 aromatic carbocycles. The third-order valence-corrected chi connectivity index (χ3v) is 3.84. The molecule has 134 valence electrons. The van der Waals surface area contributed by atoms with E-state index in [0.717, 1.165) is 11.3 Å². The van der Waals surface area contributed by atoms with Crippen molar-refractivity contribution in [3.8, 4) is 5.69 Å². The molecule has 0 saturated carbocycles. The van der Waals surface area contributed by atoms with Crippen molar-refractivity contribution in [1.82, 2.24) is 20.4 Å². The second kappa shape index (κ2) is 8.98. The molecule has 0 unspecified atom stereocenters. The predicted octanol–water partition coefficient (Wildman–Crippen LogP) is 0.631. The van der Waals surface area contributed by atoms with Crippen LogP contribution in [0.25, 0.3) is 5.69 Å². The summed E-state index contributed by atoms with van der Waals surface area (Å²) in [5.41, 5.74) is 7.73. The van der Waals surface area contributed by atoms with Gasteiger partial charge >= 0.3 is 0 Å². The van der Waals surface area contributed by atoms with Crippen LogP contribution in [0.15, 0.2) is 42.7 Å². The van der Waals surface area contributed by atoms with Gasteiger partial charge in [0.05, 0.1) is 24.5 Å². The number of hydrogen-bond donors (Lipinski definition) is 3. The average molecular weight is 343 g/mol. The summed E-state index contributed by atoms with van der Waals surface area (Å²) < 4.78 is 1.80. The van der Waals surface area contributed by atoms with Crippen molar-refractivity contribution in [3.05, 3.63) is 48.3 Å². The molecule has 25 heavy (non-hydrogen) atoms. The fraction of sp³-hybridized carbons (Fsp3) is 0.389. The Kier molecular flexibility index (Phi) is 6.71. The van der Waals surface area contributed by atoms with Gasteiger partial charge in [-0.1, -0.05) is 32.0 Å². The third kappa shape index (κ3) is 5.72. The van der Waals surface area contributed by atoms with Crippen molar-refractivity contribution < 1.29 is 9.59 Å². The lowest BCUT2D eigenvalue weighted by Gasteiger charge is -2.15. The number of nitrogens with two attached hydrogens (primary N) is 1. The van der Waals surface area contributed by atoms with E-state index in [1.54, 1.807) is 10.9 Å². The Balaban J connectivity index is 1.71. The van der Waals surface area contributed by atoms with Crippen LogP contribution in [0.4, 0.5) is 0 Å². The highest BCUT2D eigenvalue weighted by Gasteiger charge is 2.17. The van der Waals surface area contributed by atoms with Crippen molar-refractivity contribution in [1.29, 1.82) is 0 Å². The number of nitrogens with one attached hydrogen (secondary N) is 2. The SMILES string of the molecule is CC(C)[C@H](N)C(=O)NCC(=O)NCCc1cnn(-c2ccccc2)c1. The van der Waals surface area contributed by atoms with Crippen molar-refractivity contribution in [3.63, 3.8) is 0 Å². The number of benzene rings is 1. The lowest BCUT2D eigenvalue weighted by molar-refractivity contribution is -0.127. The molecular weight excluding hydrogens is 318 g/mol. The van der Waals surface area contributed by atoms with E-state index in [2.05, 4.69) is 15.7 Å². The highest BCUT2D eigenvalue weighted by Crippen LogP contribution is 2.07. The summed E-state index contributed by atoms with van der Waals surface area (Å²) in [7, 11) is 0. The Morgan fingerprint density at radius 3 is 2.60 bits per heavy atom. The fourth-order valence-electron chi connectivity index (χ4n) is 2.21. The van der Waals surface area contributed by atoms with Gasteiger partial charge in [0.25, 0.3) is 0 Å². The average Bonchev–Trinajstić information content (AvgIpc) is 3.08. The number of hydrogen-bond acceptors (Lipinski definition) is 4. The van der Waals surface area contributed by atoms with Gasteiger partial charge in [0.2, 0.25) is 11.8 Å². The molecule has 7 heteroatoms. The van der Waals surface area contributed by atoms with Crippen LogP contribution in [0.2, 0.25) is 0 Å². The van der Waals surface area contributed by atoms with Gasteiger partial charge in [0.1, 0.15) is 0 Å². The largest absolute Gasteiger partial charge is 0.354 e. The molecule has 2 aromatic rings. The molecule has 1 atom stereocenters. The van der Waals surface area contributed by atoms with Gasteiger partial charge < -0.3 is 16.4 Å². The zero-order valence-electron chi connectivity index (χ0n) is 14.6. The number of amides is 2. The van der Waals surface area contributed by atoms with Crippen LogP contribution in [0.5, 0.6) is 0 Å². The number of carbonyl (C=O) groups excluding carboxylic acids is 2. The number of aromatic nitrogens is 2. The first-order chi connectivity index (χ1) is 12.0. The van der Waals surface area contributed by atoms with Crippen LogP contribution < -0.4 is 16.4 Å². The Bertz CT molecular complexity index is 697. The van der Waals surface area contributed by atoms with Crippen molar-refractivity contribution in [2.75, 3.05) is 13.1 Å². The van der Waals surface area contributed by atoms with E-state index in [9.17, 15) is 9.59 Å². The molecule has 0 aliphatic heterocycles. The molecule has 7 nitrogen and oxygen atoms in total. The first kappa shape index (κ1) is 18.7. The van der Waals surface area contributed by atoms with Gasteiger partial charge in [-0.3, -0.25) is 9.59 Å². The van der Waals surface area contributed by atoms with Crippen molar-refractivity contribution >= 4 is 11.8 Å². The lowest BCUT2D eigenvalue weighted by Crippen LogP contribution is -2.47. The highest BCUT2D eigenvalue weighted by atomic mass is 16.2. The summed E-state index contributed by atoms with van der Waals surface area (Å²) in [6.45, 7) is 4.13. The van der Waals surface area contributed by atoms with Crippen LogP contribution in [-0.2, 0) is 16.0 Å². The van der Waals surface area contributed by atoms with E-state index in [0.29, 0.717) is 13.0 Å². The molecule has 0 aliphatic rings. The maximum Gasteiger partial charge on any atom is 0.239 e. The van der Waals surface area contributed by atoms with E-state index in [1.807, 2.05) is 50.4 Å². The summed E-state index contributed by atoms with van der Waals surface area (Å²) >= 11 is 0. The van der Waals surface area contributed by atoms with Crippen LogP contribution >= 0.6 is 0 Å². The molecule has 1 aromatic heterocycles. The van der Waals surface area contributed by atoms with E-state index in [-0.39, 0.29) is 24.3 Å². The Labute approximate surface area is 147 Å². The van der Waals surface area contributed by atoms with E-state index in [1.165, 1.54) is 0 Å². The molecule has 0 saturated heterocycles. The van der Waals surface area contributed by atoms with Crippen molar-refractivity contribution in [2.45, 2.75) is 26.3 Å². The third-order valence-electron chi connectivity index (χ3n) is 3.84. The zero-order chi connectivity index (χ0) is 18.2. The van der Waals surface area contributed by atoms with Crippen molar-refractivity contribution in [2.24, 2.45) is 11.7 Å². The van der Waals surface area contributed by atoms with E-state index in [4.69, 9.17) is 5.73 Å². The molecule has 0 fully saturated rings. The highest BCUT2D eigenvalue weighted by molar-refractivity contribution is 5.87. The number of para-hydroxylation sites is 1. The predicted molar refractivity (Wildman–Crippen MR) is 96.1 cm³/mol. The molecule has 0 bridgehead atoms. The fourth-order valence-corrected chi connectivity index (χ4v) is 2.21. The summed E-state index contributed by atoms with van der Waals surface area (Å²) in [6, 6.07) is 9.21. The summed E-state index contributed by atoms with van der Waals surface area (Å²) in [5.74, 6) is -0.516. The van der Waals surface area contributed by atoms with Gasteiger partial charge in [0, 0.05) is 12.7 Å². The Morgan fingerprint density at radius 1 is 1.20 bits per heavy atom. The van der Waals surface area contributed by atoms with E-state index < -0.39 is 6.04 Å². The molecule has 2 amide bonds. The quantitative estimate of drug-likeness (QED) is 0.654. The topological polar surface area (TPSA) is 102 Å². The lowest BCUT2D eigenvalue weighted by atomic mass is 10.1. The van der Waals surface area contributed by atoms with Gasteiger partial charge in [-0.15, -0.1) is 0 Å². The van der Waals surface area contributed by atoms with E-state index >= 15 is 0 Å². The monoisotopic (exact) mass is 343 g/mol. The minimum Gasteiger partial charge on any atom is -0.354 e. The minimum atomic E-state index is -0.600. The molecule has 0 aliphatic carbocycles. The minimum absolute atomic E-state index is 0.0317. The number of nitrogens with zero attached hydrogens (tertiary/aromatic N) is 2. The second-order valence-electron chi connectivity index (χ2n) is 6.22. The second-order valence-corrected chi connectivity index (χ2v) is 6.22. The number of rotatable bonds is 8. The summed E-state index contributed by atoms with van der Waals surface area (Å²) in [5, 5.41) is 9.63. The Morgan fingerprint density at radius 2 is 1.92 bits per heavy atom. The molecular formula is C18H25N5O2. The van der Waals surface area contributed by atoms with Crippen LogP contribution in [0, 0.1) is 5.92 Å². The molecule has 0 spiro atoms. The molecule has 2 rings (SSSR count). The normalized spacial score (nSPS) is 12.0. The van der Waals surface area contributed by atoms with Gasteiger partial charge in [-0.25, -0.2) is 4.68 Å². The van der Waals surface area contributed by atoms with Crippen LogP contribution in [0.1, 0.15) is 19.4 Å². The Hall–Kier alpha value is -2.67. The zero-order valence-corrected chi connectivity index (χ0v) is 14.6. The number of carbonyl (C=O) groups is 2. The molecule has 4 N–H and O–H groups in total. The first-order valence-electron chi connectivity index (χ1n) is 8.36. The van der Waals surface area contributed by atoms with Gasteiger partial charge in [0.15, 0.2) is 0 Å². The maximum absolute atomic E-state index is 11.8. The molecule has 1 heterocycles. The summed E-state index contributed by atoms with van der Waals surface area (Å²) in [4.78, 5) is 23.5.